The van der Waals surface area contributed by atoms with Gasteiger partial charge in [-0.15, -0.1) is 0 Å². The van der Waals surface area contributed by atoms with Gasteiger partial charge in [0.25, 0.3) is 0 Å². The van der Waals surface area contributed by atoms with E-state index in [1.54, 1.807) is 0 Å². The maximum atomic E-state index is 6.03. The summed E-state index contributed by atoms with van der Waals surface area (Å²) in [5.74, 6) is 0. The van der Waals surface area contributed by atoms with E-state index in [2.05, 4.69) is 24.1 Å². The summed E-state index contributed by atoms with van der Waals surface area (Å²) in [5.41, 5.74) is 0.125. The van der Waals surface area contributed by atoms with Crippen LogP contribution in [0, 0.1) is 0 Å². The van der Waals surface area contributed by atoms with Crippen LogP contribution in [0.25, 0.3) is 0 Å². The van der Waals surface area contributed by atoms with Crippen molar-refractivity contribution in [2.24, 2.45) is 0 Å². The molecule has 0 amide bonds. The van der Waals surface area contributed by atoms with Crippen LogP contribution in [0.15, 0.2) is 0 Å². The molecule has 0 aromatic heterocycles. The SMILES string of the molecule is CCC(C)N1CCOC2(CCCNC2)C1. The normalized spacial score (nSPS) is 35.6. The lowest BCUT2D eigenvalue weighted by Crippen LogP contribution is -2.60. The number of rotatable bonds is 2. The van der Waals surface area contributed by atoms with Crippen molar-refractivity contribution in [1.29, 1.82) is 0 Å². The Morgan fingerprint density at radius 3 is 3.07 bits per heavy atom. The van der Waals surface area contributed by atoms with E-state index >= 15 is 0 Å². The molecule has 2 aliphatic heterocycles. The van der Waals surface area contributed by atoms with E-state index in [1.807, 2.05) is 0 Å². The molecule has 15 heavy (non-hydrogen) atoms. The second-order valence-electron chi connectivity index (χ2n) is 5.04. The van der Waals surface area contributed by atoms with Crippen LogP contribution in [-0.4, -0.2) is 49.3 Å². The minimum absolute atomic E-state index is 0.125. The van der Waals surface area contributed by atoms with Crippen molar-refractivity contribution in [3.05, 3.63) is 0 Å². The molecule has 2 unspecified atom stereocenters. The third kappa shape index (κ3) is 2.52. The fourth-order valence-electron chi connectivity index (χ4n) is 2.71. The molecule has 0 aromatic rings. The van der Waals surface area contributed by atoms with Gasteiger partial charge in [-0.3, -0.25) is 4.90 Å². The van der Waals surface area contributed by atoms with E-state index in [1.165, 1.54) is 19.3 Å². The van der Waals surface area contributed by atoms with Crippen molar-refractivity contribution < 1.29 is 4.74 Å². The molecule has 0 radical (unpaired) electrons. The van der Waals surface area contributed by atoms with E-state index in [-0.39, 0.29) is 5.60 Å². The Kier molecular flexibility index (Phi) is 3.65. The highest BCUT2D eigenvalue weighted by Crippen LogP contribution is 2.26. The minimum atomic E-state index is 0.125. The van der Waals surface area contributed by atoms with Gasteiger partial charge in [-0.2, -0.15) is 0 Å². The minimum Gasteiger partial charge on any atom is -0.371 e. The summed E-state index contributed by atoms with van der Waals surface area (Å²) in [5, 5.41) is 3.47. The Balaban J connectivity index is 1.96. The van der Waals surface area contributed by atoms with E-state index < -0.39 is 0 Å². The summed E-state index contributed by atoms with van der Waals surface area (Å²) in [4.78, 5) is 2.59. The molecular weight excluding hydrogens is 188 g/mol. The van der Waals surface area contributed by atoms with Gasteiger partial charge in [0.05, 0.1) is 12.2 Å². The van der Waals surface area contributed by atoms with Crippen molar-refractivity contribution in [1.82, 2.24) is 10.2 Å². The van der Waals surface area contributed by atoms with Gasteiger partial charge in [-0.25, -0.2) is 0 Å². The van der Waals surface area contributed by atoms with Gasteiger partial charge in [-0.1, -0.05) is 6.92 Å². The first kappa shape index (κ1) is 11.4. The van der Waals surface area contributed by atoms with Crippen molar-refractivity contribution in [3.8, 4) is 0 Å². The van der Waals surface area contributed by atoms with E-state index in [4.69, 9.17) is 4.74 Å². The molecule has 0 aromatic carbocycles. The molecule has 2 fully saturated rings. The first-order valence-electron chi connectivity index (χ1n) is 6.34. The highest BCUT2D eigenvalue weighted by atomic mass is 16.5. The molecule has 1 spiro atoms. The van der Waals surface area contributed by atoms with Gasteiger partial charge in [0.15, 0.2) is 0 Å². The largest absolute Gasteiger partial charge is 0.371 e. The molecule has 2 saturated heterocycles. The van der Waals surface area contributed by atoms with Crippen LogP contribution in [-0.2, 0) is 4.74 Å². The number of ether oxygens (including phenoxy) is 1. The smallest absolute Gasteiger partial charge is 0.0933 e. The quantitative estimate of drug-likeness (QED) is 0.745. The Morgan fingerprint density at radius 2 is 2.40 bits per heavy atom. The second-order valence-corrected chi connectivity index (χ2v) is 5.04. The summed E-state index contributed by atoms with van der Waals surface area (Å²) < 4.78 is 6.03. The number of hydrogen-bond donors (Lipinski definition) is 1. The summed E-state index contributed by atoms with van der Waals surface area (Å²) in [6, 6.07) is 0.702. The summed E-state index contributed by atoms with van der Waals surface area (Å²) >= 11 is 0. The predicted octanol–water partition coefficient (Wildman–Crippen LogP) is 1.24. The summed E-state index contributed by atoms with van der Waals surface area (Å²) in [6.07, 6.45) is 3.73. The lowest BCUT2D eigenvalue weighted by Gasteiger charge is -2.46. The van der Waals surface area contributed by atoms with Gasteiger partial charge < -0.3 is 10.1 Å². The van der Waals surface area contributed by atoms with Crippen LogP contribution in [0.2, 0.25) is 0 Å². The zero-order valence-corrected chi connectivity index (χ0v) is 10.1. The molecule has 3 nitrogen and oxygen atoms in total. The van der Waals surface area contributed by atoms with Crippen LogP contribution in [0.1, 0.15) is 33.1 Å². The topological polar surface area (TPSA) is 24.5 Å². The van der Waals surface area contributed by atoms with E-state index in [0.29, 0.717) is 6.04 Å². The highest BCUT2D eigenvalue weighted by molar-refractivity contribution is 4.93. The van der Waals surface area contributed by atoms with Crippen LogP contribution >= 0.6 is 0 Å². The van der Waals surface area contributed by atoms with Gasteiger partial charge in [0, 0.05) is 25.7 Å². The van der Waals surface area contributed by atoms with Crippen molar-refractivity contribution in [2.45, 2.75) is 44.8 Å². The molecule has 0 aliphatic carbocycles. The van der Waals surface area contributed by atoms with Crippen molar-refractivity contribution in [3.63, 3.8) is 0 Å². The fourth-order valence-corrected chi connectivity index (χ4v) is 2.71. The zero-order chi connectivity index (χ0) is 10.7. The Labute approximate surface area is 93.2 Å². The third-order valence-corrected chi connectivity index (χ3v) is 3.93. The Bertz CT molecular complexity index is 196. The molecule has 0 bridgehead atoms. The lowest BCUT2D eigenvalue weighted by molar-refractivity contribution is -0.126. The molecule has 1 N–H and O–H groups in total. The molecule has 2 atom stereocenters. The highest BCUT2D eigenvalue weighted by Gasteiger charge is 2.38. The van der Waals surface area contributed by atoms with E-state index in [0.717, 1.165) is 32.8 Å². The first-order valence-corrected chi connectivity index (χ1v) is 6.34. The summed E-state index contributed by atoms with van der Waals surface area (Å²) in [6.45, 7) is 9.94. The van der Waals surface area contributed by atoms with Gasteiger partial charge in [0.2, 0.25) is 0 Å². The molecular formula is C12H24N2O. The van der Waals surface area contributed by atoms with Crippen LogP contribution in [0.5, 0.6) is 0 Å². The molecule has 2 aliphatic rings. The average molecular weight is 212 g/mol. The fraction of sp³-hybridized carbons (Fsp3) is 1.00. The molecule has 3 heteroatoms. The zero-order valence-electron chi connectivity index (χ0n) is 10.1. The van der Waals surface area contributed by atoms with Gasteiger partial charge in [0.1, 0.15) is 0 Å². The van der Waals surface area contributed by atoms with Crippen molar-refractivity contribution in [2.75, 3.05) is 32.8 Å². The lowest BCUT2D eigenvalue weighted by atomic mass is 9.91. The maximum Gasteiger partial charge on any atom is 0.0933 e. The van der Waals surface area contributed by atoms with Gasteiger partial charge >= 0.3 is 0 Å². The maximum absolute atomic E-state index is 6.03. The molecule has 2 heterocycles. The van der Waals surface area contributed by atoms with Crippen LogP contribution in [0.3, 0.4) is 0 Å². The first-order chi connectivity index (χ1) is 7.26. The molecule has 0 saturated carbocycles. The number of nitrogens with zero attached hydrogens (tertiary/aromatic N) is 1. The average Bonchev–Trinajstić information content (AvgIpc) is 2.29. The standard InChI is InChI=1S/C12H24N2O/c1-3-11(2)14-7-8-15-12(10-14)5-4-6-13-9-12/h11,13H,3-10H2,1-2H3. The Morgan fingerprint density at radius 1 is 1.53 bits per heavy atom. The van der Waals surface area contributed by atoms with Crippen LogP contribution in [0.4, 0.5) is 0 Å². The number of piperidine rings is 1. The number of hydrogen-bond acceptors (Lipinski definition) is 3. The van der Waals surface area contributed by atoms with E-state index in [9.17, 15) is 0 Å². The second kappa shape index (κ2) is 4.81. The van der Waals surface area contributed by atoms with Gasteiger partial charge in [-0.05, 0) is 32.7 Å². The summed E-state index contributed by atoms with van der Waals surface area (Å²) in [7, 11) is 0. The molecule has 2 rings (SSSR count). The number of nitrogens with one attached hydrogen (secondary N) is 1. The number of morpholine rings is 1. The Hall–Kier alpha value is -0.120. The molecule has 88 valence electrons. The predicted molar refractivity (Wildman–Crippen MR) is 62.1 cm³/mol. The van der Waals surface area contributed by atoms with Crippen LogP contribution < -0.4 is 5.32 Å². The van der Waals surface area contributed by atoms with Crippen molar-refractivity contribution >= 4 is 0 Å². The monoisotopic (exact) mass is 212 g/mol. The third-order valence-electron chi connectivity index (χ3n) is 3.93.